The summed E-state index contributed by atoms with van der Waals surface area (Å²) in [5, 5.41) is 2.46. The second-order valence-electron chi connectivity index (χ2n) is 11.5. The molecule has 9 rings (SSSR count). The van der Waals surface area contributed by atoms with E-state index < -0.39 is 0 Å². The van der Waals surface area contributed by atoms with Crippen molar-refractivity contribution in [2.75, 3.05) is 0 Å². The highest BCUT2D eigenvalue weighted by Gasteiger charge is 2.40. The largest absolute Gasteiger partial charge is 0.278 e. The highest BCUT2D eigenvalue weighted by molar-refractivity contribution is 8.05. The SMILES string of the molecule is CC1(C)c2cc3c(cc2-c2ccc4c5ccccc5n(-c5ncc(-c6ccccc6)cn5)c4c21)Sc1ccccc1S3. The molecule has 3 nitrogen and oxygen atoms in total. The molecule has 7 aromatic rings. The maximum absolute atomic E-state index is 4.95. The predicted octanol–water partition coefficient (Wildman–Crippen LogP) is 10.2. The van der Waals surface area contributed by atoms with E-state index >= 15 is 0 Å². The lowest BCUT2D eigenvalue weighted by Crippen LogP contribution is -2.17. The predicted molar refractivity (Wildman–Crippen MR) is 174 cm³/mol. The van der Waals surface area contributed by atoms with Gasteiger partial charge in [-0.25, -0.2) is 9.97 Å². The molecule has 1 aliphatic heterocycles. The van der Waals surface area contributed by atoms with E-state index in [0.29, 0.717) is 5.95 Å². The molecule has 2 aromatic heterocycles. The fourth-order valence-corrected chi connectivity index (χ4v) is 9.07. The molecule has 0 radical (unpaired) electrons. The quantitative estimate of drug-likeness (QED) is 0.205. The fraction of sp³-hybridized carbons (Fsp3) is 0.0811. The molecule has 0 unspecified atom stereocenters. The summed E-state index contributed by atoms with van der Waals surface area (Å²) < 4.78 is 2.28. The summed E-state index contributed by atoms with van der Waals surface area (Å²) in [5.41, 5.74) is 9.62. The van der Waals surface area contributed by atoms with Crippen molar-refractivity contribution >= 4 is 45.3 Å². The maximum Gasteiger partial charge on any atom is 0.234 e. The Labute approximate surface area is 252 Å². The third kappa shape index (κ3) is 3.38. The van der Waals surface area contributed by atoms with E-state index in [1.54, 1.807) is 0 Å². The Morgan fingerprint density at radius 2 is 1.26 bits per heavy atom. The molecule has 1 aliphatic carbocycles. The molecule has 42 heavy (non-hydrogen) atoms. The molecule has 0 saturated carbocycles. The van der Waals surface area contributed by atoms with Crippen LogP contribution >= 0.6 is 23.5 Å². The molecule has 5 aromatic carbocycles. The number of hydrogen-bond donors (Lipinski definition) is 0. The van der Waals surface area contributed by atoms with Gasteiger partial charge in [-0.3, -0.25) is 4.57 Å². The van der Waals surface area contributed by atoms with Gasteiger partial charge < -0.3 is 0 Å². The lowest BCUT2D eigenvalue weighted by atomic mass is 9.81. The van der Waals surface area contributed by atoms with Gasteiger partial charge in [0, 0.05) is 53.7 Å². The third-order valence-corrected chi connectivity index (χ3v) is 11.3. The van der Waals surface area contributed by atoms with Crippen LogP contribution in [-0.2, 0) is 5.41 Å². The zero-order chi connectivity index (χ0) is 28.0. The van der Waals surface area contributed by atoms with Crippen molar-refractivity contribution in [1.82, 2.24) is 14.5 Å². The summed E-state index contributed by atoms with van der Waals surface area (Å²) in [6.07, 6.45) is 3.89. The van der Waals surface area contributed by atoms with Crippen molar-refractivity contribution in [1.29, 1.82) is 0 Å². The Morgan fingerprint density at radius 3 is 2.02 bits per heavy atom. The van der Waals surface area contributed by atoms with Crippen molar-refractivity contribution in [3.63, 3.8) is 0 Å². The molecule has 0 spiro atoms. The summed E-state index contributed by atoms with van der Waals surface area (Å²) in [7, 11) is 0. The molecule has 0 amide bonds. The Hall–Kier alpha value is -4.32. The van der Waals surface area contributed by atoms with Crippen LogP contribution in [0.5, 0.6) is 0 Å². The summed E-state index contributed by atoms with van der Waals surface area (Å²) >= 11 is 3.77. The minimum Gasteiger partial charge on any atom is -0.278 e. The molecule has 2 aliphatic rings. The first kappa shape index (κ1) is 24.3. The standard InChI is InChI=1S/C37H25N3S2/c1-37(2)28-19-33-32(41-30-14-8-9-15-31(30)42-33)18-27(28)25-16-17-26-24-12-6-7-13-29(24)40(35(26)34(25)37)36-38-20-23(21-39-36)22-10-4-3-5-11-22/h3-21H,1-2H3. The van der Waals surface area contributed by atoms with Gasteiger partial charge in [0.25, 0.3) is 0 Å². The minimum atomic E-state index is -0.197. The van der Waals surface area contributed by atoms with Gasteiger partial charge in [0.05, 0.1) is 11.0 Å². The Balaban J connectivity index is 1.28. The van der Waals surface area contributed by atoms with Gasteiger partial charge in [0.15, 0.2) is 0 Å². The summed E-state index contributed by atoms with van der Waals surface area (Å²) in [6, 6.07) is 37.2. The summed E-state index contributed by atoms with van der Waals surface area (Å²) in [6.45, 7) is 4.75. The van der Waals surface area contributed by atoms with Crippen LogP contribution in [0, 0.1) is 0 Å². The third-order valence-electron chi connectivity index (χ3n) is 8.74. The van der Waals surface area contributed by atoms with E-state index in [1.807, 2.05) is 54.1 Å². The number of rotatable bonds is 2. The van der Waals surface area contributed by atoms with Crippen molar-refractivity contribution in [3.05, 3.63) is 127 Å². The lowest BCUT2D eigenvalue weighted by Gasteiger charge is -2.25. The first-order valence-corrected chi connectivity index (χ1v) is 15.8. The number of hydrogen-bond acceptors (Lipinski definition) is 4. The average molecular weight is 576 g/mol. The van der Waals surface area contributed by atoms with E-state index in [9.17, 15) is 0 Å². The monoisotopic (exact) mass is 575 g/mol. The zero-order valence-electron chi connectivity index (χ0n) is 23.1. The summed E-state index contributed by atoms with van der Waals surface area (Å²) in [5.74, 6) is 0.696. The number of para-hydroxylation sites is 1. The highest BCUT2D eigenvalue weighted by Crippen LogP contribution is 2.57. The number of fused-ring (bicyclic) bond motifs is 9. The molecular formula is C37H25N3S2. The van der Waals surface area contributed by atoms with Gasteiger partial charge in [-0.2, -0.15) is 0 Å². The van der Waals surface area contributed by atoms with Gasteiger partial charge in [0.1, 0.15) is 0 Å². The maximum atomic E-state index is 4.95. The molecule has 0 N–H and O–H groups in total. The molecule has 0 bridgehead atoms. The molecule has 0 saturated heterocycles. The molecular weight excluding hydrogens is 551 g/mol. The van der Waals surface area contributed by atoms with Crippen LogP contribution in [0.15, 0.2) is 135 Å². The summed E-state index contributed by atoms with van der Waals surface area (Å²) in [4.78, 5) is 15.2. The van der Waals surface area contributed by atoms with Crippen LogP contribution in [-0.4, -0.2) is 14.5 Å². The first-order valence-electron chi connectivity index (χ1n) is 14.2. The number of nitrogens with zero attached hydrogens (tertiary/aromatic N) is 3. The Kier molecular flexibility index (Phi) is 5.11. The zero-order valence-corrected chi connectivity index (χ0v) is 24.8. The normalized spacial score (nSPS) is 14.4. The van der Waals surface area contributed by atoms with Gasteiger partial charge in [-0.05, 0) is 58.1 Å². The topological polar surface area (TPSA) is 30.7 Å². The number of aromatic nitrogens is 3. The molecule has 0 fully saturated rings. The van der Waals surface area contributed by atoms with Crippen molar-refractivity contribution in [3.8, 4) is 28.2 Å². The van der Waals surface area contributed by atoms with Crippen molar-refractivity contribution < 1.29 is 0 Å². The van der Waals surface area contributed by atoms with Crippen molar-refractivity contribution in [2.45, 2.75) is 38.8 Å². The van der Waals surface area contributed by atoms with E-state index in [4.69, 9.17) is 9.97 Å². The fourth-order valence-electron chi connectivity index (χ4n) is 6.79. The molecule has 5 heteroatoms. The van der Waals surface area contributed by atoms with Gasteiger partial charge in [-0.1, -0.05) is 110 Å². The van der Waals surface area contributed by atoms with E-state index in [1.165, 1.54) is 58.1 Å². The van der Waals surface area contributed by atoms with Crippen LogP contribution in [0.25, 0.3) is 50.0 Å². The second kappa shape index (κ2) is 8.84. The van der Waals surface area contributed by atoms with Crippen LogP contribution in [0.4, 0.5) is 0 Å². The smallest absolute Gasteiger partial charge is 0.234 e. The molecule has 0 atom stereocenters. The van der Waals surface area contributed by atoms with E-state index in [0.717, 1.165) is 16.6 Å². The van der Waals surface area contributed by atoms with Gasteiger partial charge in [0.2, 0.25) is 5.95 Å². The molecule has 200 valence electrons. The van der Waals surface area contributed by atoms with Crippen LogP contribution in [0.1, 0.15) is 25.0 Å². The van der Waals surface area contributed by atoms with Crippen LogP contribution < -0.4 is 0 Å². The van der Waals surface area contributed by atoms with Crippen LogP contribution in [0.2, 0.25) is 0 Å². The Morgan fingerprint density at radius 1 is 0.595 bits per heavy atom. The number of benzene rings is 5. The van der Waals surface area contributed by atoms with E-state index in [2.05, 4.69) is 103 Å². The van der Waals surface area contributed by atoms with Crippen molar-refractivity contribution in [2.24, 2.45) is 0 Å². The van der Waals surface area contributed by atoms with Gasteiger partial charge >= 0.3 is 0 Å². The first-order chi connectivity index (χ1) is 20.6. The Bertz CT molecular complexity index is 2210. The lowest BCUT2D eigenvalue weighted by molar-refractivity contribution is 0.660. The van der Waals surface area contributed by atoms with Crippen LogP contribution in [0.3, 0.4) is 0 Å². The highest BCUT2D eigenvalue weighted by atomic mass is 32.2. The average Bonchev–Trinajstić information content (AvgIpc) is 3.48. The van der Waals surface area contributed by atoms with E-state index in [-0.39, 0.29) is 5.41 Å². The van der Waals surface area contributed by atoms with Gasteiger partial charge in [-0.15, -0.1) is 0 Å². The molecule has 3 heterocycles. The second-order valence-corrected chi connectivity index (χ2v) is 13.7. The minimum absolute atomic E-state index is 0.197.